The molecule has 2 saturated heterocycles. The molecule has 108 valence electrons. The Morgan fingerprint density at radius 3 is 2.21 bits per heavy atom. The lowest BCUT2D eigenvalue weighted by Gasteiger charge is -2.39. The number of piperidine rings is 1. The van der Waals surface area contributed by atoms with Gasteiger partial charge < -0.3 is 14.4 Å². The van der Waals surface area contributed by atoms with Gasteiger partial charge in [-0.25, -0.2) is 0 Å². The first-order valence-corrected chi connectivity index (χ1v) is 7.37. The Kier molecular flexibility index (Phi) is 2.78. The molecule has 4 heteroatoms. The Bertz CT molecular complexity index is 382. The molecule has 3 fully saturated rings. The molecular formula is C15H25NO3. The number of carbonyl (C=O) groups is 1. The molecule has 0 radical (unpaired) electrons. The van der Waals surface area contributed by atoms with E-state index in [1.807, 2.05) is 4.90 Å². The van der Waals surface area contributed by atoms with Gasteiger partial charge in [-0.05, 0) is 17.3 Å². The van der Waals surface area contributed by atoms with Crippen molar-refractivity contribution in [2.45, 2.75) is 46.3 Å². The molecule has 1 saturated carbocycles. The van der Waals surface area contributed by atoms with E-state index in [1.165, 1.54) is 0 Å². The molecule has 2 aliphatic heterocycles. The minimum atomic E-state index is -0.503. The van der Waals surface area contributed by atoms with Crippen LogP contribution in [0.2, 0.25) is 0 Å². The van der Waals surface area contributed by atoms with E-state index in [1.54, 1.807) is 0 Å². The fourth-order valence-electron chi connectivity index (χ4n) is 3.91. The zero-order chi connectivity index (χ0) is 13.9. The summed E-state index contributed by atoms with van der Waals surface area (Å²) in [6.07, 6.45) is 1.88. The van der Waals surface area contributed by atoms with Crippen LogP contribution in [0.3, 0.4) is 0 Å². The molecule has 0 atom stereocenters. The molecule has 0 bridgehead atoms. The third-order valence-corrected chi connectivity index (χ3v) is 5.81. The number of hydrogen-bond acceptors (Lipinski definition) is 3. The molecule has 3 aliphatic rings. The Hall–Kier alpha value is -0.610. The highest BCUT2D eigenvalue weighted by atomic mass is 16.7. The lowest BCUT2D eigenvalue weighted by Crippen LogP contribution is -2.51. The van der Waals surface area contributed by atoms with Crippen molar-refractivity contribution in [3.8, 4) is 0 Å². The minimum Gasteiger partial charge on any atom is -0.346 e. The first-order valence-electron chi connectivity index (χ1n) is 7.37. The van der Waals surface area contributed by atoms with E-state index in [0.717, 1.165) is 19.4 Å². The predicted molar refractivity (Wildman–Crippen MR) is 71.5 cm³/mol. The van der Waals surface area contributed by atoms with Crippen molar-refractivity contribution in [1.29, 1.82) is 0 Å². The van der Waals surface area contributed by atoms with Crippen LogP contribution in [0.25, 0.3) is 0 Å². The SMILES string of the molecule is CC1(C)C(C(=O)N2CCCC3(C2)OCCO3)C1(C)C. The summed E-state index contributed by atoms with van der Waals surface area (Å²) in [5, 5.41) is 0. The predicted octanol–water partition coefficient (Wildman–Crippen LogP) is 2.03. The van der Waals surface area contributed by atoms with Crippen molar-refractivity contribution in [1.82, 2.24) is 4.90 Å². The molecule has 19 heavy (non-hydrogen) atoms. The van der Waals surface area contributed by atoms with E-state index in [-0.39, 0.29) is 22.7 Å². The van der Waals surface area contributed by atoms with Gasteiger partial charge >= 0.3 is 0 Å². The van der Waals surface area contributed by atoms with Crippen molar-refractivity contribution < 1.29 is 14.3 Å². The highest BCUT2D eigenvalue weighted by Gasteiger charge is 2.69. The van der Waals surface area contributed by atoms with Gasteiger partial charge in [-0.15, -0.1) is 0 Å². The maximum Gasteiger partial charge on any atom is 0.226 e. The monoisotopic (exact) mass is 267 g/mol. The first kappa shape index (κ1) is 13.4. The largest absolute Gasteiger partial charge is 0.346 e. The number of likely N-dealkylation sites (tertiary alicyclic amines) is 1. The smallest absolute Gasteiger partial charge is 0.226 e. The van der Waals surface area contributed by atoms with Crippen LogP contribution < -0.4 is 0 Å². The number of ether oxygens (including phenoxy) is 2. The maximum atomic E-state index is 12.7. The van der Waals surface area contributed by atoms with Crippen molar-refractivity contribution in [3.63, 3.8) is 0 Å². The van der Waals surface area contributed by atoms with Crippen molar-refractivity contribution in [2.24, 2.45) is 16.7 Å². The van der Waals surface area contributed by atoms with Gasteiger partial charge in [0.2, 0.25) is 5.91 Å². The molecule has 0 aromatic heterocycles. The second kappa shape index (κ2) is 3.95. The third-order valence-electron chi connectivity index (χ3n) is 5.81. The average Bonchev–Trinajstić information content (AvgIpc) is 2.68. The van der Waals surface area contributed by atoms with Gasteiger partial charge in [-0.3, -0.25) is 4.79 Å². The second-order valence-electron chi connectivity index (χ2n) is 7.35. The molecule has 0 unspecified atom stereocenters. The number of hydrogen-bond donors (Lipinski definition) is 0. The van der Waals surface area contributed by atoms with Crippen LogP contribution in [0.5, 0.6) is 0 Å². The lowest BCUT2D eigenvalue weighted by atomic mass is 10.0. The molecular weight excluding hydrogens is 242 g/mol. The Balaban J connectivity index is 1.71. The zero-order valence-corrected chi connectivity index (χ0v) is 12.5. The van der Waals surface area contributed by atoms with Crippen molar-refractivity contribution in [3.05, 3.63) is 0 Å². The van der Waals surface area contributed by atoms with E-state index in [0.29, 0.717) is 19.8 Å². The van der Waals surface area contributed by atoms with E-state index in [4.69, 9.17) is 9.47 Å². The Labute approximate surface area is 115 Å². The van der Waals surface area contributed by atoms with Gasteiger partial charge in [0.15, 0.2) is 5.79 Å². The maximum absolute atomic E-state index is 12.7. The summed E-state index contributed by atoms with van der Waals surface area (Å²) in [4.78, 5) is 14.7. The number of amides is 1. The van der Waals surface area contributed by atoms with Crippen LogP contribution >= 0.6 is 0 Å². The van der Waals surface area contributed by atoms with Crippen LogP contribution in [0.4, 0.5) is 0 Å². The fourth-order valence-corrected chi connectivity index (χ4v) is 3.91. The second-order valence-corrected chi connectivity index (χ2v) is 7.35. The summed E-state index contributed by atoms with van der Waals surface area (Å²) in [7, 11) is 0. The molecule has 1 spiro atoms. The van der Waals surface area contributed by atoms with Gasteiger partial charge in [0.25, 0.3) is 0 Å². The van der Waals surface area contributed by atoms with Gasteiger partial charge in [0.1, 0.15) is 0 Å². The fraction of sp³-hybridized carbons (Fsp3) is 0.933. The lowest BCUT2D eigenvalue weighted by molar-refractivity contribution is -0.194. The van der Waals surface area contributed by atoms with E-state index >= 15 is 0 Å². The molecule has 2 heterocycles. The molecule has 1 amide bonds. The topological polar surface area (TPSA) is 38.8 Å². The normalized spacial score (nSPS) is 31.7. The highest BCUT2D eigenvalue weighted by Crippen LogP contribution is 2.68. The van der Waals surface area contributed by atoms with Crippen LogP contribution in [0.1, 0.15) is 40.5 Å². The van der Waals surface area contributed by atoms with Crippen LogP contribution in [-0.2, 0) is 14.3 Å². The number of nitrogens with zero attached hydrogens (tertiary/aromatic N) is 1. The number of rotatable bonds is 1. The molecule has 0 N–H and O–H groups in total. The highest BCUT2D eigenvalue weighted by molar-refractivity contribution is 5.84. The summed E-state index contributed by atoms with van der Waals surface area (Å²) in [5.41, 5.74) is 0.207. The summed E-state index contributed by atoms with van der Waals surface area (Å²) < 4.78 is 11.5. The van der Waals surface area contributed by atoms with Crippen molar-refractivity contribution in [2.75, 3.05) is 26.3 Å². The van der Waals surface area contributed by atoms with Gasteiger partial charge in [-0.2, -0.15) is 0 Å². The molecule has 0 aromatic carbocycles. The quantitative estimate of drug-likeness (QED) is 0.729. The number of carbonyl (C=O) groups excluding carboxylic acids is 1. The zero-order valence-electron chi connectivity index (χ0n) is 12.5. The molecule has 4 nitrogen and oxygen atoms in total. The van der Waals surface area contributed by atoms with E-state index < -0.39 is 5.79 Å². The molecule has 0 aromatic rings. The molecule has 3 rings (SSSR count). The van der Waals surface area contributed by atoms with Gasteiger partial charge in [0.05, 0.1) is 19.8 Å². The first-order chi connectivity index (χ1) is 8.80. The summed E-state index contributed by atoms with van der Waals surface area (Å²) in [6, 6.07) is 0. The van der Waals surface area contributed by atoms with Crippen LogP contribution in [0.15, 0.2) is 0 Å². The summed E-state index contributed by atoms with van der Waals surface area (Å²) in [6.45, 7) is 11.5. The van der Waals surface area contributed by atoms with Gasteiger partial charge in [0, 0.05) is 18.9 Å². The van der Waals surface area contributed by atoms with E-state index in [2.05, 4.69) is 27.7 Å². The standard InChI is InChI=1S/C15H25NO3/c1-13(2)11(14(13,3)4)12(17)16-7-5-6-15(10-16)18-8-9-19-15/h11H,5-10H2,1-4H3. The van der Waals surface area contributed by atoms with Gasteiger partial charge in [-0.1, -0.05) is 27.7 Å². The van der Waals surface area contributed by atoms with Crippen molar-refractivity contribution >= 4 is 5.91 Å². The Morgan fingerprint density at radius 2 is 1.68 bits per heavy atom. The Morgan fingerprint density at radius 1 is 1.11 bits per heavy atom. The molecule has 1 aliphatic carbocycles. The average molecular weight is 267 g/mol. The summed E-state index contributed by atoms with van der Waals surface area (Å²) >= 11 is 0. The summed E-state index contributed by atoms with van der Waals surface area (Å²) in [5.74, 6) is -0.0818. The van der Waals surface area contributed by atoms with Crippen LogP contribution in [-0.4, -0.2) is 42.9 Å². The van der Waals surface area contributed by atoms with E-state index in [9.17, 15) is 4.79 Å². The van der Waals surface area contributed by atoms with Crippen LogP contribution in [0, 0.1) is 16.7 Å². The minimum absolute atomic E-state index is 0.103. The third kappa shape index (κ3) is 1.83.